The molecule has 0 bridgehead atoms. The van der Waals surface area contributed by atoms with E-state index in [4.69, 9.17) is 16.9 Å². The Bertz CT molecular complexity index is 554. The quantitative estimate of drug-likeness (QED) is 0.341. The van der Waals surface area contributed by atoms with Gasteiger partial charge in [-0.05, 0) is 34.3 Å². The smallest absolute Gasteiger partial charge is 0.271 e. The Kier molecular flexibility index (Phi) is 5.52. The predicted octanol–water partition coefficient (Wildman–Crippen LogP) is 4.54. The zero-order valence-corrected chi connectivity index (χ0v) is 12.5. The number of alkyl halides is 3. The van der Waals surface area contributed by atoms with Gasteiger partial charge in [0.1, 0.15) is 0 Å². The summed E-state index contributed by atoms with van der Waals surface area (Å²) in [4.78, 5) is 3.88. The summed E-state index contributed by atoms with van der Waals surface area (Å²) in [5.74, 6) is 0. The second-order valence-electron chi connectivity index (χ2n) is 3.14. The number of benzene rings is 1. The molecule has 0 spiro atoms. The molecule has 0 saturated heterocycles. The molecule has 0 atom stereocenters. The highest BCUT2D eigenvalue weighted by Gasteiger charge is 2.34. The third-order valence-corrected chi connectivity index (χ3v) is 3.87. The summed E-state index contributed by atoms with van der Waals surface area (Å²) in [5.41, 5.74) is -0.913. The SMILES string of the molecule is CSC(=Nc1cc(Cl)c(Br)c(C(F)(F)F)c1)NC#N. The molecular formula is C10H6BrClF3N3S. The molecule has 0 aliphatic heterocycles. The first-order chi connectivity index (χ1) is 8.79. The standard InChI is InChI=1S/C10H6BrClF3N3S/c1-19-9(17-4-16)18-5-2-6(10(13,14)15)8(11)7(12)3-5/h2-3H,1H3,(H,17,18). The first-order valence-corrected chi connectivity index (χ1v) is 7.03. The van der Waals surface area contributed by atoms with Gasteiger partial charge in [-0.2, -0.15) is 18.4 Å². The fourth-order valence-electron chi connectivity index (χ4n) is 1.14. The minimum Gasteiger partial charge on any atom is -0.271 e. The van der Waals surface area contributed by atoms with E-state index in [-0.39, 0.29) is 20.4 Å². The first kappa shape index (κ1) is 16.1. The molecule has 1 aromatic rings. The number of thioether (sulfide) groups is 1. The second kappa shape index (κ2) is 6.50. The van der Waals surface area contributed by atoms with Crippen molar-refractivity contribution in [2.45, 2.75) is 6.18 Å². The molecule has 0 aliphatic carbocycles. The van der Waals surface area contributed by atoms with Crippen LogP contribution in [0.5, 0.6) is 0 Å². The van der Waals surface area contributed by atoms with Crippen LogP contribution in [0.1, 0.15) is 5.56 Å². The number of amidine groups is 1. The van der Waals surface area contributed by atoms with Gasteiger partial charge in [-0.1, -0.05) is 23.4 Å². The molecule has 19 heavy (non-hydrogen) atoms. The number of nitrogens with one attached hydrogen (secondary N) is 1. The first-order valence-electron chi connectivity index (χ1n) is 4.63. The highest BCUT2D eigenvalue weighted by Crippen LogP contribution is 2.41. The summed E-state index contributed by atoms with van der Waals surface area (Å²) in [6.07, 6.45) is -1.27. The van der Waals surface area contributed by atoms with Gasteiger partial charge in [0.05, 0.1) is 16.3 Å². The zero-order valence-electron chi connectivity index (χ0n) is 9.35. The third-order valence-electron chi connectivity index (χ3n) is 1.91. The average Bonchev–Trinajstić information content (AvgIpc) is 2.31. The van der Waals surface area contributed by atoms with E-state index in [9.17, 15) is 13.2 Å². The summed E-state index contributed by atoms with van der Waals surface area (Å²) in [7, 11) is 0. The summed E-state index contributed by atoms with van der Waals surface area (Å²) >= 11 is 9.60. The van der Waals surface area contributed by atoms with Gasteiger partial charge in [0.15, 0.2) is 11.4 Å². The minimum atomic E-state index is -4.55. The van der Waals surface area contributed by atoms with Gasteiger partial charge < -0.3 is 0 Å². The normalized spacial score (nSPS) is 12.2. The van der Waals surface area contributed by atoms with Gasteiger partial charge in [0, 0.05) is 4.47 Å². The van der Waals surface area contributed by atoms with Crippen LogP contribution in [0.15, 0.2) is 21.6 Å². The number of nitriles is 1. The van der Waals surface area contributed by atoms with Crippen LogP contribution in [0.3, 0.4) is 0 Å². The Morgan fingerprint density at radius 2 is 2.16 bits per heavy atom. The molecule has 0 fully saturated rings. The van der Waals surface area contributed by atoms with Crippen molar-refractivity contribution in [3.8, 4) is 6.19 Å². The van der Waals surface area contributed by atoms with Crippen LogP contribution in [0, 0.1) is 11.5 Å². The van der Waals surface area contributed by atoms with E-state index in [0.717, 1.165) is 17.8 Å². The largest absolute Gasteiger partial charge is 0.417 e. The molecule has 102 valence electrons. The third kappa shape index (κ3) is 4.30. The van der Waals surface area contributed by atoms with Crippen molar-refractivity contribution in [2.75, 3.05) is 6.26 Å². The van der Waals surface area contributed by atoms with E-state index in [1.807, 2.05) is 0 Å². The highest BCUT2D eigenvalue weighted by molar-refractivity contribution is 9.10. The Labute approximate surface area is 125 Å². The van der Waals surface area contributed by atoms with Crippen molar-refractivity contribution in [1.82, 2.24) is 5.32 Å². The van der Waals surface area contributed by atoms with E-state index in [1.165, 1.54) is 6.07 Å². The fraction of sp³-hybridized carbons (Fsp3) is 0.200. The van der Waals surface area contributed by atoms with Gasteiger partial charge >= 0.3 is 6.18 Å². The van der Waals surface area contributed by atoms with E-state index in [0.29, 0.717) is 0 Å². The number of hydrogen-bond donors (Lipinski definition) is 1. The van der Waals surface area contributed by atoms with E-state index < -0.39 is 11.7 Å². The molecule has 0 aliphatic rings. The molecule has 0 amide bonds. The lowest BCUT2D eigenvalue weighted by atomic mass is 10.2. The minimum absolute atomic E-state index is 0.00706. The number of aliphatic imine (C=N–C) groups is 1. The molecule has 0 saturated carbocycles. The summed E-state index contributed by atoms with van der Waals surface area (Å²) in [6, 6.07) is 2.13. The monoisotopic (exact) mass is 371 g/mol. The Morgan fingerprint density at radius 1 is 1.53 bits per heavy atom. The van der Waals surface area contributed by atoms with Gasteiger partial charge in [-0.25, -0.2) is 4.99 Å². The molecule has 1 rings (SSSR count). The van der Waals surface area contributed by atoms with E-state index >= 15 is 0 Å². The molecule has 3 nitrogen and oxygen atoms in total. The van der Waals surface area contributed by atoms with Crippen molar-refractivity contribution in [3.05, 3.63) is 27.2 Å². The van der Waals surface area contributed by atoms with Crippen LogP contribution in [0.4, 0.5) is 18.9 Å². The molecule has 0 heterocycles. The number of nitrogens with zero attached hydrogens (tertiary/aromatic N) is 2. The number of halogens is 5. The average molecular weight is 373 g/mol. The maximum atomic E-state index is 12.8. The molecule has 9 heteroatoms. The Balaban J connectivity index is 3.33. The summed E-state index contributed by atoms with van der Waals surface area (Å²) in [6.45, 7) is 0. The van der Waals surface area contributed by atoms with Crippen molar-refractivity contribution in [2.24, 2.45) is 4.99 Å². The van der Waals surface area contributed by atoms with Gasteiger partial charge in [-0.3, -0.25) is 5.32 Å². The molecule has 1 aromatic carbocycles. The molecule has 1 N–H and O–H groups in total. The lowest BCUT2D eigenvalue weighted by molar-refractivity contribution is -0.138. The van der Waals surface area contributed by atoms with Crippen molar-refractivity contribution < 1.29 is 13.2 Å². The van der Waals surface area contributed by atoms with Crippen LogP contribution < -0.4 is 5.32 Å². The van der Waals surface area contributed by atoms with Crippen LogP contribution in [-0.2, 0) is 6.18 Å². The highest BCUT2D eigenvalue weighted by atomic mass is 79.9. The lowest BCUT2D eigenvalue weighted by Gasteiger charge is -2.11. The molecule has 0 aromatic heterocycles. The van der Waals surface area contributed by atoms with Gasteiger partial charge in [-0.15, -0.1) is 0 Å². The van der Waals surface area contributed by atoms with Crippen LogP contribution >= 0.6 is 39.3 Å². The maximum Gasteiger partial charge on any atom is 0.417 e. The van der Waals surface area contributed by atoms with Crippen LogP contribution in [-0.4, -0.2) is 11.4 Å². The van der Waals surface area contributed by atoms with Crippen LogP contribution in [0.25, 0.3) is 0 Å². The molecule has 0 unspecified atom stereocenters. The number of hydrogen-bond acceptors (Lipinski definition) is 3. The predicted molar refractivity (Wildman–Crippen MR) is 73.5 cm³/mol. The van der Waals surface area contributed by atoms with Crippen molar-refractivity contribution >= 4 is 50.1 Å². The van der Waals surface area contributed by atoms with E-state index in [1.54, 1.807) is 12.4 Å². The molecule has 0 radical (unpaired) electrons. The summed E-state index contributed by atoms with van der Waals surface area (Å²) < 4.78 is 38.1. The van der Waals surface area contributed by atoms with E-state index in [2.05, 4.69) is 26.2 Å². The maximum absolute atomic E-state index is 12.8. The Hall–Kier alpha value is -0.910. The van der Waals surface area contributed by atoms with Crippen molar-refractivity contribution in [3.63, 3.8) is 0 Å². The summed E-state index contributed by atoms with van der Waals surface area (Å²) in [5, 5.41) is 10.8. The topological polar surface area (TPSA) is 48.2 Å². The number of rotatable bonds is 1. The van der Waals surface area contributed by atoms with Crippen LogP contribution in [0.2, 0.25) is 5.02 Å². The molecular weight excluding hydrogens is 367 g/mol. The van der Waals surface area contributed by atoms with Gasteiger partial charge in [0.25, 0.3) is 0 Å². The van der Waals surface area contributed by atoms with Gasteiger partial charge in [0.2, 0.25) is 0 Å². The Morgan fingerprint density at radius 3 is 2.63 bits per heavy atom. The van der Waals surface area contributed by atoms with Crippen molar-refractivity contribution in [1.29, 1.82) is 5.26 Å². The lowest BCUT2D eigenvalue weighted by Crippen LogP contribution is -2.12. The second-order valence-corrected chi connectivity index (χ2v) is 5.14. The zero-order chi connectivity index (χ0) is 14.6. The fourth-order valence-corrected chi connectivity index (χ4v) is 2.15.